The van der Waals surface area contributed by atoms with Crippen molar-refractivity contribution in [2.75, 3.05) is 13.1 Å². The van der Waals surface area contributed by atoms with Crippen LogP contribution in [0, 0.1) is 5.82 Å². The standard InChI is InChI=1S/C16H19FN2O2/c1-2-7-16(20)10-19(11-16)8-14-9-21-15(18-14)12-3-5-13(17)6-4-12/h3-6,9,20H,2,7-8,10-11H2,1H3. The van der Waals surface area contributed by atoms with E-state index in [1.807, 2.05) is 0 Å². The molecule has 0 aliphatic carbocycles. The molecule has 1 aromatic carbocycles. The number of likely N-dealkylation sites (tertiary alicyclic amines) is 1. The molecule has 4 nitrogen and oxygen atoms in total. The van der Waals surface area contributed by atoms with Crippen LogP contribution < -0.4 is 0 Å². The van der Waals surface area contributed by atoms with Gasteiger partial charge in [0, 0.05) is 25.2 Å². The molecule has 21 heavy (non-hydrogen) atoms. The maximum Gasteiger partial charge on any atom is 0.226 e. The SMILES string of the molecule is CCCC1(O)CN(Cc2coc(-c3ccc(F)cc3)n2)C1. The minimum absolute atomic E-state index is 0.277. The highest BCUT2D eigenvalue weighted by Gasteiger charge is 2.40. The Labute approximate surface area is 123 Å². The first-order valence-electron chi connectivity index (χ1n) is 7.23. The fourth-order valence-electron chi connectivity index (χ4n) is 2.86. The van der Waals surface area contributed by atoms with E-state index in [0.717, 1.165) is 24.1 Å². The van der Waals surface area contributed by atoms with Gasteiger partial charge in [-0.2, -0.15) is 0 Å². The van der Waals surface area contributed by atoms with E-state index in [1.54, 1.807) is 18.4 Å². The van der Waals surface area contributed by atoms with Crippen LogP contribution in [0.1, 0.15) is 25.5 Å². The zero-order valence-corrected chi connectivity index (χ0v) is 12.1. The summed E-state index contributed by atoms with van der Waals surface area (Å²) in [6.45, 7) is 4.10. The van der Waals surface area contributed by atoms with Crippen LogP contribution in [0.15, 0.2) is 34.9 Å². The number of benzene rings is 1. The van der Waals surface area contributed by atoms with Crippen molar-refractivity contribution in [3.05, 3.63) is 42.0 Å². The lowest BCUT2D eigenvalue weighted by Gasteiger charge is -2.46. The number of hydrogen-bond acceptors (Lipinski definition) is 4. The Hall–Kier alpha value is -1.72. The highest BCUT2D eigenvalue weighted by atomic mass is 19.1. The molecule has 3 rings (SSSR count). The van der Waals surface area contributed by atoms with Gasteiger partial charge in [-0.3, -0.25) is 4.90 Å². The van der Waals surface area contributed by atoms with Gasteiger partial charge in [-0.05, 0) is 30.7 Å². The lowest BCUT2D eigenvalue weighted by molar-refractivity contribution is -0.107. The fraction of sp³-hybridized carbons (Fsp3) is 0.438. The van der Waals surface area contributed by atoms with E-state index in [0.29, 0.717) is 25.5 Å². The number of hydrogen-bond donors (Lipinski definition) is 1. The Bertz CT molecular complexity index is 603. The normalized spacial score (nSPS) is 17.7. The van der Waals surface area contributed by atoms with E-state index in [2.05, 4.69) is 16.8 Å². The molecule has 2 aromatic rings. The third-order valence-electron chi connectivity index (χ3n) is 3.78. The van der Waals surface area contributed by atoms with Crippen LogP contribution in [0.5, 0.6) is 0 Å². The summed E-state index contributed by atoms with van der Waals surface area (Å²) < 4.78 is 18.3. The molecular formula is C16H19FN2O2. The number of aliphatic hydroxyl groups is 1. The number of oxazole rings is 1. The third kappa shape index (κ3) is 3.14. The van der Waals surface area contributed by atoms with Gasteiger partial charge in [0.1, 0.15) is 12.1 Å². The van der Waals surface area contributed by atoms with Crippen LogP contribution in [0.2, 0.25) is 0 Å². The minimum atomic E-state index is -0.529. The molecule has 1 aliphatic rings. The topological polar surface area (TPSA) is 49.5 Å². The molecule has 0 bridgehead atoms. The van der Waals surface area contributed by atoms with Gasteiger partial charge >= 0.3 is 0 Å². The Kier molecular flexibility index (Phi) is 3.78. The van der Waals surface area contributed by atoms with E-state index in [-0.39, 0.29) is 5.82 Å². The number of nitrogens with zero attached hydrogens (tertiary/aromatic N) is 2. The molecule has 1 aromatic heterocycles. The Morgan fingerprint density at radius 2 is 2.05 bits per heavy atom. The largest absolute Gasteiger partial charge is 0.444 e. The molecule has 1 fully saturated rings. The highest BCUT2D eigenvalue weighted by Crippen LogP contribution is 2.27. The summed E-state index contributed by atoms with van der Waals surface area (Å²) in [5, 5.41) is 10.1. The summed E-state index contributed by atoms with van der Waals surface area (Å²) in [6.07, 6.45) is 3.45. The van der Waals surface area contributed by atoms with Crippen molar-refractivity contribution in [1.82, 2.24) is 9.88 Å². The average Bonchev–Trinajstić information content (AvgIpc) is 2.87. The molecule has 0 spiro atoms. The first-order chi connectivity index (χ1) is 10.1. The van der Waals surface area contributed by atoms with Crippen LogP contribution in [-0.4, -0.2) is 33.7 Å². The first kappa shape index (κ1) is 14.2. The van der Waals surface area contributed by atoms with E-state index in [1.165, 1.54) is 12.1 Å². The molecule has 2 heterocycles. The van der Waals surface area contributed by atoms with Crippen LogP contribution in [-0.2, 0) is 6.54 Å². The summed E-state index contributed by atoms with van der Waals surface area (Å²) in [4.78, 5) is 6.55. The zero-order valence-electron chi connectivity index (χ0n) is 12.1. The molecule has 0 unspecified atom stereocenters. The number of rotatable bonds is 5. The minimum Gasteiger partial charge on any atom is -0.444 e. The smallest absolute Gasteiger partial charge is 0.226 e. The number of β-amino-alcohol motifs (C(OH)–C–C–N with tert-alkyl or cyclic N) is 1. The molecule has 0 radical (unpaired) electrons. The van der Waals surface area contributed by atoms with Crippen molar-refractivity contribution >= 4 is 0 Å². The second-order valence-corrected chi connectivity index (χ2v) is 5.77. The van der Waals surface area contributed by atoms with Gasteiger partial charge in [0.2, 0.25) is 5.89 Å². The van der Waals surface area contributed by atoms with Crippen LogP contribution in [0.25, 0.3) is 11.5 Å². The zero-order chi connectivity index (χ0) is 14.9. The second kappa shape index (κ2) is 5.58. The van der Waals surface area contributed by atoms with E-state index >= 15 is 0 Å². The van der Waals surface area contributed by atoms with E-state index in [9.17, 15) is 9.50 Å². The van der Waals surface area contributed by atoms with Gasteiger partial charge in [0.05, 0.1) is 11.3 Å². The summed E-state index contributed by atoms with van der Waals surface area (Å²) in [5.41, 5.74) is 1.06. The molecule has 0 amide bonds. The van der Waals surface area contributed by atoms with Gasteiger partial charge in [-0.1, -0.05) is 13.3 Å². The maximum atomic E-state index is 12.9. The first-order valence-corrected chi connectivity index (χ1v) is 7.23. The highest BCUT2D eigenvalue weighted by molar-refractivity contribution is 5.52. The van der Waals surface area contributed by atoms with Crippen molar-refractivity contribution in [1.29, 1.82) is 0 Å². The van der Waals surface area contributed by atoms with Crippen LogP contribution in [0.4, 0.5) is 4.39 Å². The number of halogens is 1. The molecule has 0 saturated carbocycles. The molecular weight excluding hydrogens is 271 g/mol. The maximum absolute atomic E-state index is 12.9. The Balaban J connectivity index is 1.60. The number of aromatic nitrogens is 1. The van der Waals surface area contributed by atoms with Gasteiger partial charge in [0.15, 0.2) is 0 Å². The predicted molar refractivity (Wildman–Crippen MR) is 77.0 cm³/mol. The molecule has 5 heteroatoms. The van der Waals surface area contributed by atoms with Crippen molar-refractivity contribution in [2.45, 2.75) is 31.9 Å². The van der Waals surface area contributed by atoms with E-state index in [4.69, 9.17) is 4.42 Å². The van der Waals surface area contributed by atoms with Crippen molar-refractivity contribution < 1.29 is 13.9 Å². The molecule has 112 valence electrons. The van der Waals surface area contributed by atoms with Crippen molar-refractivity contribution in [3.63, 3.8) is 0 Å². The average molecular weight is 290 g/mol. The molecule has 1 N–H and O–H groups in total. The third-order valence-corrected chi connectivity index (χ3v) is 3.78. The lowest BCUT2D eigenvalue weighted by Crippen LogP contribution is -2.60. The second-order valence-electron chi connectivity index (χ2n) is 5.77. The van der Waals surface area contributed by atoms with Gasteiger partial charge < -0.3 is 9.52 Å². The van der Waals surface area contributed by atoms with Gasteiger partial charge in [0.25, 0.3) is 0 Å². The molecule has 1 saturated heterocycles. The van der Waals surface area contributed by atoms with Crippen LogP contribution in [0.3, 0.4) is 0 Å². The monoisotopic (exact) mass is 290 g/mol. The molecule has 1 aliphatic heterocycles. The predicted octanol–water partition coefficient (Wildman–Crippen LogP) is 2.83. The molecule has 0 atom stereocenters. The van der Waals surface area contributed by atoms with Crippen LogP contribution >= 0.6 is 0 Å². The fourth-order valence-corrected chi connectivity index (χ4v) is 2.86. The summed E-state index contributed by atoms with van der Waals surface area (Å²) >= 11 is 0. The summed E-state index contributed by atoms with van der Waals surface area (Å²) in [5.74, 6) is 0.218. The Morgan fingerprint density at radius 1 is 1.33 bits per heavy atom. The van der Waals surface area contributed by atoms with E-state index < -0.39 is 5.60 Å². The summed E-state index contributed by atoms with van der Waals surface area (Å²) in [6, 6.07) is 6.07. The van der Waals surface area contributed by atoms with Crippen molar-refractivity contribution in [3.8, 4) is 11.5 Å². The lowest BCUT2D eigenvalue weighted by atomic mass is 9.89. The van der Waals surface area contributed by atoms with Gasteiger partial charge in [-0.25, -0.2) is 9.37 Å². The van der Waals surface area contributed by atoms with Gasteiger partial charge in [-0.15, -0.1) is 0 Å². The Morgan fingerprint density at radius 3 is 2.71 bits per heavy atom. The quantitative estimate of drug-likeness (QED) is 0.920. The van der Waals surface area contributed by atoms with Crippen molar-refractivity contribution in [2.24, 2.45) is 0 Å². The summed E-state index contributed by atoms with van der Waals surface area (Å²) in [7, 11) is 0.